The van der Waals surface area contributed by atoms with Crippen LogP contribution in [0.5, 0.6) is 5.88 Å². The van der Waals surface area contributed by atoms with Crippen LogP contribution < -0.4 is 4.74 Å². The average Bonchev–Trinajstić information content (AvgIpc) is 2.28. The maximum atomic E-state index is 10.3. The van der Waals surface area contributed by atoms with Gasteiger partial charge in [0.2, 0.25) is 5.88 Å². The van der Waals surface area contributed by atoms with Crippen LogP contribution in [0.4, 0.5) is 0 Å². The van der Waals surface area contributed by atoms with Gasteiger partial charge < -0.3 is 9.84 Å². The van der Waals surface area contributed by atoms with Crippen molar-refractivity contribution >= 4 is 0 Å². The molecule has 0 radical (unpaired) electrons. The number of methoxy groups -OCH3 is 1. The summed E-state index contributed by atoms with van der Waals surface area (Å²) in [6, 6.07) is 3.67. The molecule has 0 fully saturated rings. The Kier molecular flexibility index (Phi) is 3.47. The standard InChI is InChI=1S/C11H17NO2/c1-4-11(13,5-2)9-7-6-8-12-10(9)14-3/h6-8,13H,4-5H2,1-3H3. The first-order chi connectivity index (χ1) is 6.68. The van der Waals surface area contributed by atoms with E-state index in [1.807, 2.05) is 26.0 Å². The average molecular weight is 195 g/mol. The summed E-state index contributed by atoms with van der Waals surface area (Å²) in [5, 5.41) is 10.3. The second kappa shape index (κ2) is 4.42. The normalized spacial score (nSPS) is 11.4. The van der Waals surface area contributed by atoms with Crippen LogP contribution in [-0.4, -0.2) is 17.2 Å². The zero-order valence-electron chi connectivity index (χ0n) is 8.95. The molecule has 1 N–H and O–H groups in total. The van der Waals surface area contributed by atoms with Gasteiger partial charge in [-0.15, -0.1) is 0 Å². The molecule has 78 valence electrons. The number of rotatable bonds is 4. The van der Waals surface area contributed by atoms with Gasteiger partial charge in [0.05, 0.1) is 12.7 Å². The van der Waals surface area contributed by atoms with E-state index in [4.69, 9.17) is 4.74 Å². The van der Waals surface area contributed by atoms with Crippen LogP contribution in [0.1, 0.15) is 32.3 Å². The molecule has 1 heterocycles. The van der Waals surface area contributed by atoms with Crippen molar-refractivity contribution in [3.05, 3.63) is 23.9 Å². The highest BCUT2D eigenvalue weighted by Gasteiger charge is 2.28. The van der Waals surface area contributed by atoms with Crippen molar-refractivity contribution in [2.24, 2.45) is 0 Å². The molecule has 0 unspecified atom stereocenters. The summed E-state index contributed by atoms with van der Waals surface area (Å²) in [6.45, 7) is 3.91. The van der Waals surface area contributed by atoms with Crippen molar-refractivity contribution in [3.8, 4) is 5.88 Å². The second-order valence-electron chi connectivity index (χ2n) is 3.30. The van der Waals surface area contributed by atoms with Gasteiger partial charge in [-0.3, -0.25) is 0 Å². The first-order valence-electron chi connectivity index (χ1n) is 4.89. The number of aromatic nitrogens is 1. The van der Waals surface area contributed by atoms with E-state index in [9.17, 15) is 5.11 Å². The molecule has 1 aromatic rings. The maximum absolute atomic E-state index is 10.3. The van der Waals surface area contributed by atoms with Crippen LogP contribution in [0.15, 0.2) is 18.3 Å². The fourth-order valence-corrected chi connectivity index (χ4v) is 1.54. The molecule has 0 spiro atoms. The van der Waals surface area contributed by atoms with Crippen molar-refractivity contribution < 1.29 is 9.84 Å². The molecule has 3 heteroatoms. The van der Waals surface area contributed by atoms with Gasteiger partial charge in [-0.1, -0.05) is 13.8 Å². The van der Waals surface area contributed by atoms with Crippen molar-refractivity contribution in [2.45, 2.75) is 32.3 Å². The Morgan fingerprint density at radius 1 is 1.43 bits per heavy atom. The zero-order valence-corrected chi connectivity index (χ0v) is 8.95. The topological polar surface area (TPSA) is 42.4 Å². The van der Waals surface area contributed by atoms with E-state index < -0.39 is 5.60 Å². The molecule has 0 saturated carbocycles. The largest absolute Gasteiger partial charge is 0.481 e. The van der Waals surface area contributed by atoms with E-state index >= 15 is 0 Å². The summed E-state index contributed by atoms with van der Waals surface area (Å²) in [5.41, 5.74) is -0.0490. The molecule has 0 aromatic carbocycles. The van der Waals surface area contributed by atoms with Crippen LogP contribution in [0.2, 0.25) is 0 Å². The van der Waals surface area contributed by atoms with Gasteiger partial charge in [-0.25, -0.2) is 4.98 Å². The van der Waals surface area contributed by atoms with Crippen molar-refractivity contribution in [2.75, 3.05) is 7.11 Å². The summed E-state index contributed by atoms with van der Waals surface area (Å²) in [7, 11) is 1.57. The number of ether oxygens (including phenoxy) is 1. The van der Waals surface area contributed by atoms with Crippen molar-refractivity contribution in [1.82, 2.24) is 4.98 Å². The molecule has 0 amide bonds. The summed E-state index contributed by atoms with van der Waals surface area (Å²) in [5.74, 6) is 0.513. The van der Waals surface area contributed by atoms with Gasteiger partial charge >= 0.3 is 0 Å². The second-order valence-corrected chi connectivity index (χ2v) is 3.30. The van der Waals surface area contributed by atoms with Gasteiger partial charge in [0.15, 0.2) is 0 Å². The third-order valence-corrected chi connectivity index (χ3v) is 2.64. The van der Waals surface area contributed by atoms with E-state index in [1.165, 1.54) is 0 Å². The zero-order chi connectivity index (χ0) is 10.6. The van der Waals surface area contributed by atoms with Crippen molar-refractivity contribution in [3.63, 3.8) is 0 Å². The minimum atomic E-state index is -0.820. The highest BCUT2D eigenvalue weighted by molar-refractivity contribution is 5.31. The van der Waals surface area contributed by atoms with Gasteiger partial charge in [-0.2, -0.15) is 0 Å². The van der Waals surface area contributed by atoms with Gasteiger partial charge in [0.25, 0.3) is 0 Å². The molecule has 0 saturated heterocycles. The number of aliphatic hydroxyl groups is 1. The lowest BCUT2D eigenvalue weighted by Gasteiger charge is -2.26. The minimum Gasteiger partial charge on any atom is -0.481 e. The number of hydrogen-bond donors (Lipinski definition) is 1. The Morgan fingerprint density at radius 3 is 2.57 bits per heavy atom. The lowest BCUT2D eigenvalue weighted by Crippen LogP contribution is -2.24. The number of hydrogen-bond acceptors (Lipinski definition) is 3. The van der Waals surface area contributed by atoms with Crippen LogP contribution in [0, 0.1) is 0 Å². The Balaban J connectivity index is 3.15. The van der Waals surface area contributed by atoms with Gasteiger partial charge in [0.1, 0.15) is 0 Å². The number of pyridine rings is 1. The lowest BCUT2D eigenvalue weighted by molar-refractivity contribution is 0.0254. The Hall–Kier alpha value is -1.09. The minimum absolute atomic E-state index is 0.513. The predicted molar refractivity (Wildman–Crippen MR) is 55.3 cm³/mol. The number of nitrogens with zero attached hydrogens (tertiary/aromatic N) is 1. The Bertz CT molecular complexity index is 295. The summed E-state index contributed by atoms with van der Waals surface area (Å²) in [4.78, 5) is 4.08. The maximum Gasteiger partial charge on any atom is 0.219 e. The highest BCUT2D eigenvalue weighted by atomic mass is 16.5. The first-order valence-corrected chi connectivity index (χ1v) is 4.89. The fraction of sp³-hybridized carbons (Fsp3) is 0.545. The fourth-order valence-electron chi connectivity index (χ4n) is 1.54. The third-order valence-electron chi connectivity index (χ3n) is 2.64. The molecule has 0 bridgehead atoms. The van der Waals surface area contributed by atoms with E-state index in [1.54, 1.807) is 13.3 Å². The summed E-state index contributed by atoms with van der Waals surface area (Å²) < 4.78 is 5.12. The van der Waals surface area contributed by atoms with Crippen molar-refractivity contribution in [1.29, 1.82) is 0 Å². The van der Waals surface area contributed by atoms with E-state index in [-0.39, 0.29) is 0 Å². The molecule has 3 nitrogen and oxygen atoms in total. The van der Waals surface area contributed by atoms with Crippen LogP contribution in [0.3, 0.4) is 0 Å². The summed E-state index contributed by atoms with van der Waals surface area (Å²) >= 11 is 0. The Morgan fingerprint density at radius 2 is 2.07 bits per heavy atom. The van der Waals surface area contributed by atoms with Crippen LogP contribution >= 0.6 is 0 Å². The molecular weight excluding hydrogens is 178 g/mol. The Labute approximate surface area is 84.7 Å². The molecule has 1 aromatic heterocycles. The smallest absolute Gasteiger partial charge is 0.219 e. The molecule has 1 rings (SSSR count). The SMILES string of the molecule is CCC(O)(CC)c1cccnc1OC. The lowest BCUT2D eigenvalue weighted by atomic mass is 9.89. The predicted octanol–water partition coefficient (Wildman–Crippen LogP) is 2.10. The van der Waals surface area contributed by atoms with Crippen LogP contribution in [0.25, 0.3) is 0 Å². The quantitative estimate of drug-likeness (QED) is 0.800. The molecular formula is C11H17NO2. The molecule has 0 aliphatic rings. The van der Waals surface area contributed by atoms with Gasteiger partial charge in [0, 0.05) is 11.8 Å². The van der Waals surface area contributed by atoms with E-state index in [2.05, 4.69) is 4.98 Å². The van der Waals surface area contributed by atoms with E-state index in [0.29, 0.717) is 18.7 Å². The molecule has 0 aliphatic carbocycles. The highest BCUT2D eigenvalue weighted by Crippen LogP contribution is 2.33. The van der Waals surface area contributed by atoms with Crippen LogP contribution in [-0.2, 0) is 5.60 Å². The summed E-state index contributed by atoms with van der Waals surface area (Å²) in [6.07, 6.45) is 2.98. The molecule has 0 atom stereocenters. The molecule has 14 heavy (non-hydrogen) atoms. The monoisotopic (exact) mass is 195 g/mol. The molecule has 0 aliphatic heterocycles. The third kappa shape index (κ3) is 1.87. The van der Waals surface area contributed by atoms with E-state index in [0.717, 1.165) is 5.56 Å². The van der Waals surface area contributed by atoms with Gasteiger partial charge in [-0.05, 0) is 25.0 Å². The first kappa shape index (κ1) is 11.0.